The Morgan fingerprint density at radius 1 is 1.50 bits per heavy atom. The van der Waals surface area contributed by atoms with Gasteiger partial charge < -0.3 is 0 Å². The lowest BCUT2D eigenvalue weighted by molar-refractivity contribution is 1.12. The van der Waals surface area contributed by atoms with Gasteiger partial charge in [0.05, 0.1) is 11.7 Å². The Balaban J connectivity index is 2.81. The van der Waals surface area contributed by atoms with E-state index in [0.717, 1.165) is 16.4 Å². The highest BCUT2D eigenvalue weighted by Gasteiger charge is 2.01. The summed E-state index contributed by atoms with van der Waals surface area (Å²) in [6.45, 7) is 0. The van der Waals surface area contributed by atoms with Gasteiger partial charge in [-0.05, 0) is 17.3 Å². The number of benzene rings is 1. The second kappa shape index (κ2) is 2.44. The van der Waals surface area contributed by atoms with Crippen LogP contribution in [0.4, 0.5) is 5.69 Å². The fourth-order valence-corrected chi connectivity index (χ4v) is 1.19. The van der Waals surface area contributed by atoms with Crippen LogP contribution in [0.15, 0.2) is 23.5 Å². The summed E-state index contributed by atoms with van der Waals surface area (Å²) in [5.74, 6) is 0. The SMILES string of the molecule is Bc1cc2[nH]ncc2cc1N=O. The predicted molar refractivity (Wildman–Crippen MR) is 49.7 cm³/mol. The maximum atomic E-state index is 10.3. The molecule has 1 aromatic heterocycles. The second-order valence-electron chi connectivity index (χ2n) is 2.69. The molecule has 12 heavy (non-hydrogen) atoms. The van der Waals surface area contributed by atoms with Gasteiger partial charge in [-0.2, -0.15) is 5.10 Å². The van der Waals surface area contributed by atoms with Crippen LogP contribution in [0.2, 0.25) is 0 Å². The molecule has 1 N–H and O–H groups in total. The molecule has 0 saturated heterocycles. The minimum absolute atomic E-state index is 0.476. The van der Waals surface area contributed by atoms with E-state index in [2.05, 4.69) is 15.4 Å². The summed E-state index contributed by atoms with van der Waals surface area (Å²) in [6, 6.07) is 3.58. The van der Waals surface area contributed by atoms with E-state index in [9.17, 15) is 4.91 Å². The van der Waals surface area contributed by atoms with Gasteiger partial charge >= 0.3 is 0 Å². The molecule has 0 aliphatic rings. The average molecular weight is 159 g/mol. The van der Waals surface area contributed by atoms with Gasteiger partial charge in [0.2, 0.25) is 0 Å². The average Bonchev–Trinajstić information content (AvgIpc) is 2.49. The highest BCUT2D eigenvalue weighted by atomic mass is 16.3. The van der Waals surface area contributed by atoms with Crippen molar-refractivity contribution in [2.24, 2.45) is 5.18 Å². The Morgan fingerprint density at radius 3 is 3.08 bits per heavy atom. The quantitative estimate of drug-likeness (QED) is 0.477. The molecule has 2 rings (SSSR count). The lowest BCUT2D eigenvalue weighted by Crippen LogP contribution is -2.01. The molecule has 0 aliphatic heterocycles. The van der Waals surface area contributed by atoms with Gasteiger partial charge in [0.25, 0.3) is 0 Å². The van der Waals surface area contributed by atoms with Gasteiger partial charge in [-0.15, -0.1) is 4.91 Å². The van der Waals surface area contributed by atoms with Crippen molar-refractivity contribution in [3.63, 3.8) is 0 Å². The zero-order chi connectivity index (χ0) is 8.55. The zero-order valence-corrected chi connectivity index (χ0v) is 6.53. The number of hydrogen-bond donors (Lipinski definition) is 1. The van der Waals surface area contributed by atoms with Gasteiger partial charge in [0, 0.05) is 5.39 Å². The van der Waals surface area contributed by atoms with Crippen LogP contribution in [-0.4, -0.2) is 18.0 Å². The van der Waals surface area contributed by atoms with Crippen LogP contribution in [0.3, 0.4) is 0 Å². The van der Waals surface area contributed by atoms with E-state index >= 15 is 0 Å². The third-order valence-electron chi connectivity index (χ3n) is 1.86. The number of fused-ring (bicyclic) bond motifs is 1. The molecule has 0 spiro atoms. The van der Waals surface area contributed by atoms with E-state index in [1.54, 1.807) is 12.3 Å². The van der Waals surface area contributed by atoms with Gasteiger partial charge in [-0.3, -0.25) is 5.10 Å². The molecule has 1 heterocycles. The molecule has 4 nitrogen and oxygen atoms in total. The first-order valence-electron chi connectivity index (χ1n) is 3.58. The highest BCUT2D eigenvalue weighted by Crippen LogP contribution is 2.15. The van der Waals surface area contributed by atoms with Gasteiger partial charge in [-0.1, -0.05) is 5.46 Å². The minimum atomic E-state index is 0.476. The molecule has 0 radical (unpaired) electrons. The standard InChI is InChI=1S/C7H6BN3O/c8-5-2-6-4(3-9-10-6)1-7(5)11-12/h1-3H,8H2,(H,9,10). The second-order valence-corrected chi connectivity index (χ2v) is 2.69. The normalized spacial score (nSPS) is 10.3. The number of H-pyrrole nitrogens is 1. The van der Waals surface area contributed by atoms with E-state index in [-0.39, 0.29) is 0 Å². The van der Waals surface area contributed by atoms with Crippen molar-refractivity contribution in [2.45, 2.75) is 0 Å². The summed E-state index contributed by atoms with van der Waals surface area (Å²) in [5, 5.41) is 10.5. The van der Waals surface area contributed by atoms with Crippen molar-refractivity contribution in [1.82, 2.24) is 10.2 Å². The lowest BCUT2D eigenvalue weighted by atomic mass is 9.93. The summed E-state index contributed by atoms with van der Waals surface area (Å²) in [6.07, 6.45) is 1.67. The van der Waals surface area contributed by atoms with Crippen LogP contribution in [0.5, 0.6) is 0 Å². The molecular weight excluding hydrogens is 153 g/mol. The highest BCUT2D eigenvalue weighted by molar-refractivity contribution is 6.36. The topological polar surface area (TPSA) is 58.1 Å². The van der Waals surface area contributed by atoms with Crippen molar-refractivity contribution in [2.75, 3.05) is 0 Å². The summed E-state index contributed by atoms with van der Waals surface area (Å²) >= 11 is 0. The first kappa shape index (κ1) is 7.03. The number of nitroso groups, excluding NO2 is 1. The number of aromatic nitrogens is 2. The Kier molecular flexibility index (Phi) is 1.43. The van der Waals surface area contributed by atoms with Crippen LogP contribution in [0.1, 0.15) is 0 Å². The predicted octanol–water partition coefficient (Wildman–Crippen LogP) is 0.219. The Bertz CT molecular complexity index is 437. The monoisotopic (exact) mass is 159 g/mol. The van der Waals surface area contributed by atoms with Crippen molar-refractivity contribution in [1.29, 1.82) is 0 Å². The molecule has 0 fully saturated rings. The van der Waals surface area contributed by atoms with Gasteiger partial charge in [0.15, 0.2) is 0 Å². The van der Waals surface area contributed by atoms with E-state index in [4.69, 9.17) is 0 Å². The van der Waals surface area contributed by atoms with Crippen LogP contribution in [0, 0.1) is 4.91 Å². The summed E-state index contributed by atoms with van der Waals surface area (Å²) < 4.78 is 0. The molecule has 2 aromatic rings. The Morgan fingerprint density at radius 2 is 2.33 bits per heavy atom. The fourth-order valence-electron chi connectivity index (χ4n) is 1.19. The first-order chi connectivity index (χ1) is 5.81. The fraction of sp³-hybridized carbons (Fsp3) is 0. The molecular formula is C7H6BN3O. The maximum Gasteiger partial charge on any atom is 0.142 e. The molecule has 0 bridgehead atoms. The molecule has 0 amide bonds. The molecule has 0 aliphatic carbocycles. The van der Waals surface area contributed by atoms with Gasteiger partial charge in [-0.25, -0.2) is 0 Å². The third-order valence-corrected chi connectivity index (χ3v) is 1.86. The molecule has 5 heteroatoms. The summed E-state index contributed by atoms with van der Waals surface area (Å²) in [7, 11) is 1.84. The minimum Gasteiger partial charge on any atom is -0.278 e. The molecule has 1 aromatic carbocycles. The third kappa shape index (κ3) is 0.904. The Hall–Kier alpha value is -1.65. The van der Waals surface area contributed by atoms with Gasteiger partial charge in [0.1, 0.15) is 13.5 Å². The van der Waals surface area contributed by atoms with E-state index in [1.165, 1.54) is 0 Å². The van der Waals surface area contributed by atoms with Crippen LogP contribution in [0.25, 0.3) is 10.9 Å². The van der Waals surface area contributed by atoms with Crippen molar-refractivity contribution in [3.8, 4) is 0 Å². The summed E-state index contributed by atoms with van der Waals surface area (Å²) in [5.41, 5.74) is 2.27. The largest absolute Gasteiger partial charge is 0.278 e. The van der Waals surface area contributed by atoms with Crippen molar-refractivity contribution >= 4 is 29.9 Å². The number of rotatable bonds is 1. The van der Waals surface area contributed by atoms with E-state index in [0.29, 0.717) is 5.69 Å². The zero-order valence-electron chi connectivity index (χ0n) is 6.53. The van der Waals surface area contributed by atoms with Crippen LogP contribution in [-0.2, 0) is 0 Å². The van der Waals surface area contributed by atoms with Crippen molar-refractivity contribution < 1.29 is 0 Å². The van der Waals surface area contributed by atoms with E-state index in [1.807, 2.05) is 13.9 Å². The first-order valence-corrected chi connectivity index (χ1v) is 3.58. The maximum absolute atomic E-state index is 10.3. The number of aromatic amines is 1. The van der Waals surface area contributed by atoms with Crippen LogP contribution >= 0.6 is 0 Å². The van der Waals surface area contributed by atoms with E-state index < -0.39 is 0 Å². The van der Waals surface area contributed by atoms with Crippen molar-refractivity contribution in [3.05, 3.63) is 23.2 Å². The van der Waals surface area contributed by atoms with Crippen LogP contribution < -0.4 is 5.46 Å². The number of nitrogens with zero attached hydrogens (tertiary/aromatic N) is 2. The Labute approximate surface area is 69.4 Å². The molecule has 0 unspecified atom stereocenters. The number of nitrogens with one attached hydrogen (secondary N) is 1. The molecule has 0 saturated carbocycles. The molecule has 58 valence electrons. The molecule has 0 atom stereocenters. The number of hydrogen-bond acceptors (Lipinski definition) is 3. The lowest BCUT2D eigenvalue weighted by Gasteiger charge is -1.95. The smallest absolute Gasteiger partial charge is 0.142 e. The summed E-state index contributed by atoms with van der Waals surface area (Å²) in [4.78, 5) is 10.3.